The van der Waals surface area contributed by atoms with Gasteiger partial charge >= 0.3 is 11.9 Å². The molecule has 0 bridgehead atoms. The summed E-state index contributed by atoms with van der Waals surface area (Å²) in [6, 6.07) is 0. The third-order valence-corrected chi connectivity index (χ3v) is 4.76. The Balaban J connectivity index is 4.34. The van der Waals surface area contributed by atoms with Gasteiger partial charge in [0.2, 0.25) is 0 Å². The van der Waals surface area contributed by atoms with Crippen LogP contribution in [0.1, 0.15) is 27.2 Å². The summed E-state index contributed by atoms with van der Waals surface area (Å²) in [5.41, 5.74) is -0.0317. The first-order valence-corrected chi connectivity index (χ1v) is 9.83. The summed E-state index contributed by atoms with van der Waals surface area (Å²) in [5.74, 6) is -1.01. The molecule has 5 heteroatoms. The van der Waals surface area contributed by atoms with E-state index in [9.17, 15) is 9.59 Å². The zero-order valence-corrected chi connectivity index (χ0v) is 13.1. The van der Waals surface area contributed by atoms with E-state index in [4.69, 9.17) is 9.47 Å². The average Bonchev–Trinajstić information content (AvgIpc) is 2.20. The van der Waals surface area contributed by atoms with Crippen molar-refractivity contribution in [1.82, 2.24) is 0 Å². The van der Waals surface area contributed by atoms with Gasteiger partial charge in [0.15, 0.2) is 0 Å². The number of hydrogen-bond donors (Lipinski definition) is 0. The Morgan fingerprint density at radius 3 is 1.83 bits per heavy atom. The molecular formula is C13H24O4Si. The Labute approximate surface area is 110 Å². The minimum absolute atomic E-state index is 0.0317. The predicted octanol–water partition coefficient (Wildman–Crippen LogP) is 2.69. The van der Waals surface area contributed by atoms with Crippen LogP contribution in [-0.4, -0.2) is 31.8 Å². The normalized spacial score (nSPS) is 13.7. The minimum atomic E-state index is -1.52. The van der Waals surface area contributed by atoms with Crippen molar-refractivity contribution in [3.63, 3.8) is 0 Å². The predicted molar refractivity (Wildman–Crippen MR) is 73.9 cm³/mol. The molecule has 0 rings (SSSR count). The number of esters is 2. The van der Waals surface area contributed by atoms with Gasteiger partial charge in [-0.15, -0.1) is 0 Å². The summed E-state index contributed by atoms with van der Waals surface area (Å²) in [4.78, 5) is 22.8. The molecule has 104 valence electrons. The molecule has 0 fully saturated rings. The van der Waals surface area contributed by atoms with Crippen LogP contribution in [0, 0.1) is 0 Å². The van der Waals surface area contributed by atoms with Crippen molar-refractivity contribution in [2.24, 2.45) is 0 Å². The van der Waals surface area contributed by atoms with Gasteiger partial charge in [-0.1, -0.05) is 26.6 Å². The molecule has 0 saturated heterocycles. The maximum atomic E-state index is 11.6. The Bertz CT molecular complexity index is 315. The Morgan fingerprint density at radius 1 is 1.06 bits per heavy atom. The molecule has 0 aromatic heterocycles. The molecule has 18 heavy (non-hydrogen) atoms. The monoisotopic (exact) mass is 272 g/mol. The van der Waals surface area contributed by atoms with Crippen LogP contribution in [0.4, 0.5) is 0 Å². The first kappa shape index (κ1) is 16.9. The van der Waals surface area contributed by atoms with Crippen molar-refractivity contribution in [3.05, 3.63) is 12.2 Å². The number of ether oxygens (including phenoxy) is 2. The van der Waals surface area contributed by atoms with Crippen molar-refractivity contribution in [2.45, 2.75) is 58.7 Å². The topological polar surface area (TPSA) is 52.6 Å². The highest BCUT2D eigenvalue weighted by atomic mass is 28.3. The van der Waals surface area contributed by atoms with E-state index in [1.807, 2.05) is 6.92 Å². The van der Waals surface area contributed by atoms with Crippen molar-refractivity contribution >= 4 is 20.0 Å². The van der Waals surface area contributed by atoms with Crippen molar-refractivity contribution < 1.29 is 19.1 Å². The Morgan fingerprint density at radius 2 is 1.50 bits per heavy atom. The second-order valence-corrected chi connectivity index (χ2v) is 10.9. The lowest BCUT2D eigenvalue weighted by atomic mass is 10.4. The highest BCUT2D eigenvalue weighted by Gasteiger charge is 2.28. The third-order valence-electron chi connectivity index (χ3n) is 2.30. The summed E-state index contributed by atoms with van der Waals surface area (Å²) in [5, 5.41) is 0. The van der Waals surface area contributed by atoms with E-state index in [1.165, 1.54) is 0 Å². The lowest BCUT2D eigenvalue weighted by Crippen LogP contribution is -2.41. The third kappa shape index (κ3) is 7.27. The fourth-order valence-electron chi connectivity index (χ4n) is 1.46. The number of carbonyl (C=O) groups excluding carboxylic acids is 2. The fourth-order valence-corrected chi connectivity index (χ4v) is 3.15. The van der Waals surface area contributed by atoms with Gasteiger partial charge in [-0.3, -0.25) is 0 Å². The highest BCUT2D eigenvalue weighted by molar-refractivity contribution is 6.77. The number of hydrogen-bond acceptors (Lipinski definition) is 4. The van der Waals surface area contributed by atoms with Gasteiger partial charge in [-0.2, -0.15) is 0 Å². The zero-order chi connectivity index (χ0) is 14.3. The maximum absolute atomic E-state index is 11.6. The molecule has 0 aromatic rings. The van der Waals surface area contributed by atoms with Gasteiger partial charge in [0.05, 0.1) is 19.9 Å². The molecule has 0 N–H and O–H groups in total. The molecule has 1 atom stereocenters. The largest absolute Gasteiger partial charge is 0.463 e. The standard InChI is InChI=1S/C13H24O4Si/c1-7-13(18(4,5)6)17-12(15)9-8-11(14)16-10(2)3/h8-10,13H,7H2,1-6H3. The van der Waals surface area contributed by atoms with Gasteiger partial charge in [-0.05, 0) is 20.3 Å². The van der Waals surface area contributed by atoms with Crippen LogP contribution < -0.4 is 0 Å². The second kappa shape index (κ2) is 7.36. The van der Waals surface area contributed by atoms with Gasteiger partial charge in [-0.25, -0.2) is 9.59 Å². The lowest BCUT2D eigenvalue weighted by molar-refractivity contribution is -0.143. The molecule has 0 aliphatic heterocycles. The lowest BCUT2D eigenvalue weighted by Gasteiger charge is -2.26. The van der Waals surface area contributed by atoms with Crippen molar-refractivity contribution in [2.75, 3.05) is 0 Å². The van der Waals surface area contributed by atoms with Gasteiger partial charge < -0.3 is 9.47 Å². The van der Waals surface area contributed by atoms with Crippen LogP contribution in [0.2, 0.25) is 19.6 Å². The summed E-state index contributed by atoms with van der Waals surface area (Å²) >= 11 is 0. The molecule has 4 nitrogen and oxygen atoms in total. The average molecular weight is 272 g/mol. The van der Waals surface area contributed by atoms with Crippen LogP contribution in [0.5, 0.6) is 0 Å². The van der Waals surface area contributed by atoms with Crippen LogP contribution in [0.15, 0.2) is 12.2 Å². The number of carbonyl (C=O) groups is 2. The Hall–Kier alpha value is -1.10. The number of rotatable bonds is 6. The van der Waals surface area contributed by atoms with E-state index in [0.717, 1.165) is 18.6 Å². The van der Waals surface area contributed by atoms with E-state index in [0.29, 0.717) is 0 Å². The van der Waals surface area contributed by atoms with E-state index >= 15 is 0 Å². The minimum Gasteiger partial charge on any atom is -0.463 e. The van der Waals surface area contributed by atoms with Gasteiger partial charge in [0.25, 0.3) is 0 Å². The molecule has 0 heterocycles. The van der Waals surface area contributed by atoms with Crippen molar-refractivity contribution in [1.29, 1.82) is 0 Å². The van der Waals surface area contributed by atoms with Crippen LogP contribution in [-0.2, 0) is 19.1 Å². The summed E-state index contributed by atoms with van der Waals surface area (Å²) in [6.07, 6.45) is 2.85. The first-order valence-electron chi connectivity index (χ1n) is 6.26. The maximum Gasteiger partial charge on any atom is 0.331 e. The SMILES string of the molecule is CCC(OC(=O)C=CC(=O)OC(C)C)[Si](C)(C)C. The molecular weight excluding hydrogens is 248 g/mol. The molecule has 0 aliphatic carbocycles. The van der Waals surface area contributed by atoms with E-state index in [1.54, 1.807) is 13.8 Å². The van der Waals surface area contributed by atoms with Crippen LogP contribution >= 0.6 is 0 Å². The van der Waals surface area contributed by atoms with E-state index < -0.39 is 20.0 Å². The molecule has 1 unspecified atom stereocenters. The summed E-state index contributed by atoms with van der Waals surface area (Å²) in [6.45, 7) is 11.9. The first-order chi connectivity index (χ1) is 8.16. The Kier molecular flexibility index (Phi) is 6.91. The summed E-state index contributed by atoms with van der Waals surface area (Å²) in [7, 11) is -1.52. The second-order valence-electron chi connectivity index (χ2n) is 5.52. The van der Waals surface area contributed by atoms with E-state index in [-0.39, 0.29) is 11.8 Å². The quantitative estimate of drug-likeness (QED) is 0.424. The molecule has 0 saturated carbocycles. The fraction of sp³-hybridized carbons (Fsp3) is 0.692. The van der Waals surface area contributed by atoms with Crippen LogP contribution in [0.3, 0.4) is 0 Å². The zero-order valence-electron chi connectivity index (χ0n) is 12.1. The van der Waals surface area contributed by atoms with Crippen molar-refractivity contribution in [3.8, 4) is 0 Å². The van der Waals surface area contributed by atoms with Crippen LogP contribution in [0.25, 0.3) is 0 Å². The molecule has 0 radical (unpaired) electrons. The summed E-state index contributed by atoms with van der Waals surface area (Å²) < 4.78 is 10.2. The molecule has 0 spiro atoms. The smallest absolute Gasteiger partial charge is 0.331 e. The molecule has 0 aromatic carbocycles. The van der Waals surface area contributed by atoms with Gasteiger partial charge in [0.1, 0.15) is 0 Å². The molecule has 0 aliphatic rings. The highest BCUT2D eigenvalue weighted by Crippen LogP contribution is 2.15. The van der Waals surface area contributed by atoms with Gasteiger partial charge in [0, 0.05) is 12.2 Å². The molecule has 0 amide bonds. The van der Waals surface area contributed by atoms with E-state index in [2.05, 4.69) is 19.6 Å².